The van der Waals surface area contributed by atoms with E-state index in [-0.39, 0.29) is 12.1 Å². The monoisotopic (exact) mass is 195 g/mol. The number of anilines is 1. The van der Waals surface area contributed by atoms with Gasteiger partial charge in [-0.15, -0.1) is 0 Å². The Labute approximate surface area is 83.7 Å². The molecule has 2 atom stereocenters. The highest BCUT2D eigenvalue weighted by molar-refractivity contribution is 5.31. The standard InChI is InChI=1S/C10H17N3O/c1-7-6-10(11)13(12-7)8-4-2-3-5-9(8)14/h6,8-9,14H,2-5,11H2,1H3. The van der Waals surface area contributed by atoms with Crippen LogP contribution in [0.25, 0.3) is 0 Å². The number of hydrogen-bond donors (Lipinski definition) is 2. The molecule has 0 spiro atoms. The molecule has 4 heteroatoms. The Morgan fingerprint density at radius 1 is 1.50 bits per heavy atom. The third kappa shape index (κ3) is 1.62. The minimum absolute atomic E-state index is 0.0810. The Balaban J connectivity index is 2.24. The lowest BCUT2D eigenvalue weighted by atomic mass is 9.93. The normalized spacial score (nSPS) is 27.9. The fourth-order valence-electron chi connectivity index (χ4n) is 2.18. The van der Waals surface area contributed by atoms with Gasteiger partial charge >= 0.3 is 0 Å². The zero-order chi connectivity index (χ0) is 10.1. The van der Waals surface area contributed by atoms with Crippen molar-refractivity contribution in [3.8, 4) is 0 Å². The molecule has 1 fully saturated rings. The molecule has 0 bridgehead atoms. The van der Waals surface area contributed by atoms with Gasteiger partial charge in [0.15, 0.2) is 0 Å². The number of nitrogens with two attached hydrogens (primary N) is 1. The van der Waals surface area contributed by atoms with Crippen LogP contribution in [-0.2, 0) is 0 Å². The molecule has 3 N–H and O–H groups in total. The zero-order valence-electron chi connectivity index (χ0n) is 8.48. The predicted octanol–water partition coefficient (Wildman–Crippen LogP) is 1.25. The first-order valence-electron chi connectivity index (χ1n) is 5.18. The number of rotatable bonds is 1. The smallest absolute Gasteiger partial charge is 0.122 e. The molecule has 2 rings (SSSR count). The van der Waals surface area contributed by atoms with Gasteiger partial charge in [0.25, 0.3) is 0 Å². The highest BCUT2D eigenvalue weighted by Crippen LogP contribution is 2.30. The number of aliphatic hydroxyl groups excluding tert-OH is 1. The Kier molecular flexibility index (Phi) is 2.46. The van der Waals surface area contributed by atoms with Gasteiger partial charge in [-0.2, -0.15) is 5.10 Å². The van der Waals surface area contributed by atoms with Crippen molar-refractivity contribution in [2.24, 2.45) is 0 Å². The number of nitrogen functional groups attached to an aromatic ring is 1. The molecule has 1 heterocycles. The first-order chi connectivity index (χ1) is 6.68. The number of aromatic nitrogens is 2. The van der Waals surface area contributed by atoms with Crippen LogP contribution in [0.4, 0.5) is 5.82 Å². The number of aliphatic hydroxyl groups is 1. The van der Waals surface area contributed by atoms with E-state index >= 15 is 0 Å². The van der Waals surface area contributed by atoms with Crippen LogP contribution in [0.2, 0.25) is 0 Å². The summed E-state index contributed by atoms with van der Waals surface area (Å²) in [6.07, 6.45) is 3.82. The second-order valence-corrected chi connectivity index (χ2v) is 4.07. The van der Waals surface area contributed by atoms with E-state index in [1.165, 1.54) is 0 Å². The van der Waals surface area contributed by atoms with Crippen LogP contribution in [0.1, 0.15) is 37.4 Å². The van der Waals surface area contributed by atoms with Gasteiger partial charge in [0, 0.05) is 6.07 Å². The molecule has 1 aliphatic rings. The number of hydrogen-bond acceptors (Lipinski definition) is 3. The maximum atomic E-state index is 9.84. The van der Waals surface area contributed by atoms with E-state index < -0.39 is 0 Å². The van der Waals surface area contributed by atoms with Crippen molar-refractivity contribution >= 4 is 5.82 Å². The Hall–Kier alpha value is -1.03. The molecule has 0 saturated heterocycles. The molecule has 0 radical (unpaired) electrons. The predicted molar refractivity (Wildman–Crippen MR) is 54.9 cm³/mol. The van der Waals surface area contributed by atoms with Crippen LogP contribution in [-0.4, -0.2) is 21.0 Å². The fraction of sp³-hybridized carbons (Fsp3) is 0.700. The van der Waals surface area contributed by atoms with Gasteiger partial charge in [-0.25, -0.2) is 4.68 Å². The van der Waals surface area contributed by atoms with Crippen molar-refractivity contribution in [3.05, 3.63) is 11.8 Å². The maximum Gasteiger partial charge on any atom is 0.122 e. The lowest BCUT2D eigenvalue weighted by Crippen LogP contribution is -2.29. The van der Waals surface area contributed by atoms with Crippen LogP contribution in [0.5, 0.6) is 0 Å². The van der Waals surface area contributed by atoms with Crippen molar-refractivity contribution in [2.75, 3.05) is 5.73 Å². The Morgan fingerprint density at radius 2 is 2.21 bits per heavy atom. The van der Waals surface area contributed by atoms with E-state index in [4.69, 9.17) is 5.73 Å². The summed E-state index contributed by atoms with van der Waals surface area (Å²) in [4.78, 5) is 0. The van der Waals surface area contributed by atoms with Gasteiger partial charge in [0.1, 0.15) is 5.82 Å². The molecule has 0 aliphatic heterocycles. The van der Waals surface area contributed by atoms with E-state index in [0.29, 0.717) is 5.82 Å². The molecule has 2 unspecified atom stereocenters. The van der Waals surface area contributed by atoms with Gasteiger partial charge in [0.05, 0.1) is 17.8 Å². The largest absolute Gasteiger partial charge is 0.391 e. The highest BCUT2D eigenvalue weighted by Gasteiger charge is 2.26. The molecule has 78 valence electrons. The van der Waals surface area contributed by atoms with Gasteiger partial charge < -0.3 is 10.8 Å². The topological polar surface area (TPSA) is 64.1 Å². The lowest BCUT2D eigenvalue weighted by molar-refractivity contribution is 0.0704. The third-order valence-corrected chi connectivity index (χ3v) is 2.89. The van der Waals surface area contributed by atoms with E-state index in [0.717, 1.165) is 31.4 Å². The third-order valence-electron chi connectivity index (χ3n) is 2.89. The number of nitrogens with zero attached hydrogens (tertiary/aromatic N) is 2. The average Bonchev–Trinajstić information content (AvgIpc) is 2.46. The first kappa shape index (κ1) is 9.52. The zero-order valence-corrected chi connectivity index (χ0v) is 8.48. The average molecular weight is 195 g/mol. The molecule has 1 aliphatic carbocycles. The summed E-state index contributed by atoms with van der Waals surface area (Å²) >= 11 is 0. The lowest BCUT2D eigenvalue weighted by Gasteiger charge is -2.28. The molecule has 14 heavy (non-hydrogen) atoms. The van der Waals surface area contributed by atoms with E-state index in [9.17, 15) is 5.11 Å². The molecule has 1 aromatic rings. The highest BCUT2D eigenvalue weighted by atomic mass is 16.3. The summed E-state index contributed by atoms with van der Waals surface area (Å²) in [6, 6.07) is 1.93. The summed E-state index contributed by atoms with van der Waals surface area (Å²) < 4.78 is 1.78. The van der Waals surface area contributed by atoms with Gasteiger partial charge in [-0.1, -0.05) is 12.8 Å². The van der Waals surface area contributed by atoms with Crippen LogP contribution in [0.3, 0.4) is 0 Å². The van der Waals surface area contributed by atoms with Crippen LogP contribution in [0, 0.1) is 6.92 Å². The molecular formula is C10H17N3O. The fourth-order valence-corrected chi connectivity index (χ4v) is 2.18. The second kappa shape index (κ2) is 3.61. The minimum Gasteiger partial charge on any atom is -0.391 e. The SMILES string of the molecule is Cc1cc(N)n(C2CCCCC2O)n1. The molecule has 1 saturated carbocycles. The summed E-state index contributed by atoms with van der Waals surface area (Å²) in [5.74, 6) is 0.661. The summed E-state index contributed by atoms with van der Waals surface area (Å²) in [6.45, 7) is 1.92. The van der Waals surface area contributed by atoms with Crippen LogP contribution in [0.15, 0.2) is 6.07 Å². The first-order valence-corrected chi connectivity index (χ1v) is 5.18. The number of aryl methyl sites for hydroxylation is 1. The summed E-state index contributed by atoms with van der Waals surface area (Å²) in [5, 5.41) is 14.2. The summed E-state index contributed by atoms with van der Waals surface area (Å²) in [7, 11) is 0. The van der Waals surface area contributed by atoms with Gasteiger partial charge in [-0.05, 0) is 19.8 Å². The van der Waals surface area contributed by atoms with Crippen molar-refractivity contribution in [2.45, 2.75) is 44.8 Å². The molecule has 4 nitrogen and oxygen atoms in total. The maximum absolute atomic E-state index is 9.84. The van der Waals surface area contributed by atoms with Crippen LogP contribution >= 0.6 is 0 Å². The molecule has 0 amide bonds. The Morgan fingerprint density at radius 3 is 2.79 bits per heavy atom. The van der Waals surface area contributed by atoms with E-state index in [1.54, 1.807) is 4.68 Å². The van der Waals surface area contributed by atoms with Crippen LogP contribution < -0.4 is 5.73 Å². The minimum atomic E-state index is -0.287. The molecule has 1 aromatic heterocycles. The van der Waals surface area contributed by atoms with Gasteiger partial charge in [0.2, 0.25) is 0 Å². The van der Waals surface area contributed by atoms with E-state index in [1.807, 2.05) is 13.0 Å². The van der Waals surface area contributed by atoms with Crippen molar-refractivity contribution in [1.29, 1.82) is 0 Å². The van der Waals surface area contributed by atoms with Crippen molar-refractivity contribution in [3.63, 3.8) is 0 Å². The summed E-state index contributed by atoms with van der Waals surface area (Å²) in [5.41, 5.74) is 6.74. The van der Waals surface area contributed by atoms with Crippen molar-refractivity contribution < 1.29 is 5.11 Å². The van der Waals surface area contributed by atoms with Gasteiger partial charge in [-0.3, -0.25) is 0 Å². The van der Waals surface area contributed by atoms with E-state index in [2.05, 4.69) is 5.10 Å². The molecule has 0 aromatic carbocycles. The second-order valence-electron chi connectivity index (χ2n) is 4.07. The quantitative estimate of drug-likeness (QED) is 0.708. The Bertz CT molecular complexity index is 321. The van der Waals surface area contributed by atoms with Crippen molar-refractivity contribution in [1.82, 2.24) is 9.78 Å². The molecular weight excluding hydrogens is 178 g/mol.